The number of esters is 3. The van der Waals surface area contributed by atoms with E-state index in [0.717, 1.165) is 16.9 Å². The van der Waals surface area contributed by atoms with E-state index in [0.29, 0.717) is 15.0 Å². The molecule has 0 aliphatic heterocycles. The molecule has 0 saturated heterocycles. The van der Waals surface area contributed by atoms with E-state index >= 15 is 4.39 Å². The Hall–Kier alpha value is -3.11. The van der Waals surface area contributed by atoms with E-state index < -0.39 is 55.8 Å². The number of alkyl halides is 1. The molecule has 1 aromatic heterocycles. The van der Waals surface area contributed by atoms with Gasteiger partial charge in [0, 0.05) is 4.70 Å². The van der Waals surface area contributed by atoms with Gasteiger partial charge in [-0.15, -0.1) is 11.3 Å². The van der Waals surface area contributed by atoms with Gasteiger partial charge in [-0.25, -0.2) is 9.18 Å². The number of carbonyl (C=O) groups excluding carboxylic acids is 3. The molecule has 0 bridgehead atoms. The standard InChI is InChI=1S/C29H34FO9PS/c1-28(2,3)26(32)36-17-38-40(34,39-18-37-27(33)29(4,5)6)24(30)20-12-13-22-21(14-20)15-23(41-22)25(31)35-16-19-10-8-7-9-11-19/h7-15,24H,16-18H2,1-6H3/t24-/m0/s1. The zero-order valence-corrected chi connectivity index (χ0v) is 25.5. The van der Waals surface area contributed by atoms with Crippen LogP contribution in [-0.4, -0.2) is 31.5 Å². The van der Waals surface area contributed by atoms with Crippen molar-refractivity contribution in [1.82, 2.24) is 0 Å². The summed E-state index contributed by atoms with van der Waals surface area (Å²) in [5, 5.41) is 0.506. The Labute approximate surface area is 242 Å². The first-order valence-corrected chi connectivity index (χ1v) is 15.1. The van der Waals surface area contributed by atoms with Gasteiger partial charge in [-0.05, 0) is 76.3 Å². The van der Waals surface area contributed by atoms with Crippen LogP contribution >= 0.6 is 18.9 Å². The summed E-state index contributed by atoms with van der Waals surface area (Å²) in [5.41, 5.74) is -1.00. The van der Waals surface area contributed by atoms with Crippen LogP contribution in [0.3, 0.4) is 0 Å². The SMILES string of the molecule is CC(C)(C)C(=O)OCOP(=O)(OCOC(=O)C(C)(C)C)[C@H](F)c1ccc2sc(C(=O)OCc3ccccc3)cc2c1. The Morgan fingerprint density at radius 3 is 1.93 bits per heavy atom. The van der Waals surface area contributed by atoms with E-state index in [1.807, 2.05) is 30.3 Å². The highest BCUT2D eigenvalue weighted by Gasteiger charge is 2.40. The lowest BCUT2D eigenvalue weighted by Gasteiger charge is -2.24. The average molecular weight is 609 g/mol. The normalized spacial score (nSPS) is 13.0. The lowest BCUT2D eigenvalue weighted by Crippen LogP contribution is -2.25. The molecule has 0 N–H and O–H groups in total. The summed E-state index contributed by atoms with van der Waals surface area (Å²) in [4.78, 5) is 37.1. The monoisotopic (exact) mass is 608 g/mol. The molecule has 2 aromatic carbocycles. The first kappa shape index (κ1) is 32.4. The minimum absolute atomic E-state index is 0.0767. The molecule has 0 aliphatic rings. The van der Waals surface area contributed by atoms with Crippen LogP contribution in [0.25, 0.3) is 10.1 Å². The van der Waals surface area contributed by atoms with Crippen LogP contribution in [0.15, 0.2) is 54.6 Å². The molecule has 0 spiro atoms. The Bertz CT molecular complexity index is 1390. The average Bonchev–Trinajstić information content (AvgIpc) is 3.34. The van der Waals surface area contributed by atoms with Crippen molar-refractivity contribution in [2.45, 2.75) is 54.1 Å². The molecule has 0 unspecified atom stereocenters. The molecule has 0 amide bonds. The summed E-state index contributed by atoms with van der Waals surface area (Å²) in [6.07, 6.45) is 0. The van der Waals surface area contributed by atoms with Gasteiger partial charge in [-0.1, -0.05) is 36.4 Å². The maximum Gasteiger partial charge on any atom is 0.374 e. The first-order valence-electron chi connectivity index (χ1n) is 12.7. The lowest BCUT2D eigenvalue weighted by molar-refractivity contribution is -0.162. The third-order valence-corrected chi connectivity index (χ3v) is 8.46. The van der Waals surface area contributed by atoms with E-state index in [2.05, 4.69) is 0 Å². The van der Waals surface area contributed by atoms with E-state index in [-0.39, 0.29) is 12.2 Å². The molecule has 41 heavy (non-hydrogen) atoms. The summed E-state index contributed by atoms with van der Waals surface area (Å²) >= 11 is 1.16. The molecule has 1 heterocycles. The molecule has 0 saturated carbocycles. The number of ether oxygens (including phenoxy) is 3. The minimum atomic E-state index is -4.69. The summed E-state index contributed by atoms with van der Waals surface area (Å²) in [7, 11) is -4.69. The number of benzene rings is 2. The molecular formula is C29H34FO9PS. The van der Waals surface area contributed by atoms with Crippen molar-refractivity contribution in [3.63, 3.8) is 0 Å². The van der Waals surface area contributed by atoms with Crippen molar-refractivity contribution >= 4 is 46.9 Å². The second-order valence-electron chi connectivity index (χ2n) is 11.2. The van der Waals surface area contributed by atoms with Gasteiger partial charge in [0.15, 0.2) is 0 Å². The molecule has 222 valence electrons. The largest absolute Gasteiger partial charge is 0.457 e. The van der Waals surface area contributed by atoms with E-state index in [4.69, 9.17) is 23.3 Å². The fourth-order valence-electron chi connectivity index (χ4n) is 3.20. The quantitative estimate of drug-likeness (QED) is 0.0942. The highest BCUT2D eigenvalue weighted by molar-refractivity contribution is 7.54. The number of thiophene rings is 1. The number of fused-ring (bicyclic) bond motifs is 1. The predicted molar refractivity (Wildman–Crippen MR) is 152 cm³/mol. The summed E-state index contributed by atoms with van der Waals surface area (Å²) in [5.74, 6) is -4.19. The predicted octanol–water partition coefficient (Wildman–Crippen LogP) is 7.55. The third-order valence-electron chi connectivity index (χ3n) is 5.58. The van der Waals surface area contributed by atoms with Gasteiger partial charge < -0.3 is 14.2 Å². The molecule has 3 rings (SSSR count). The van der Waals surface area contributed by atoms with Crippen molar-refractivity contribution < 1.29 is 46.6 Å². The van der Waals surface area contributed by atoms with Gasteiger partial charge in [-0.3, -0.25) is 23.2 Å². The molecule has 12 heteroatoms. The van der Waals surface area contributed by atoms with Crippen LogP contribution < -0.4 is 0 Å². The van der Waals surface area contributed by atoms with Crippen LogP contribution in [0.1, 0.15) is 68.3 Å². The number of halogens is 1. The second-order valence-corrected chi connectivity index (χ2v) is 14.3. The summed E-state index contributed by atoms with van der Waals surface area (Å²) in [6, 6.07) is 15.1. The fraction of sp³-hybridized carbons (Fsp3) is 0.414. The van der Waals surface area contributed by atoms with Crippen LogP contribution in [0, 0.1) is 10.8 Å². The maximum atomic E-state index is 15.8. The zero-order valence-electron chi connectivity index (χ0n) is 23.8. The minimum Gasteiger partial charge on any atom is -0.457 e. The third kappa shape index (κ3) is 8.94. The van der Waals surface area contributed by atoms with Crippen molar-refractivity contribution in [1.29, 1.82) is 0 Å². The van der Waals surface area contributed by atoms with E-state index in [1.165, 1.54) is 12.1 Å². The van der Waals surface area contributed by atoms with Crippen LogP contribution in [0.5, 0.6) is 0 Å². The Kier molecular flexibility index (Phi) is 10.5. The van der Waals surface area contributed by atoms with E-state index in [1.54, 1.807) is 53.7 Å². The molecular weight excluding hydrogens is 574 g/mol. The Morgan fingerprint density at radius 2 is 1.39 bits per heavy atom. The van der Waals surface area contributed by atoms with Gasteiger partial charge in [0.2, 0.25) is 19.5 Å². The molecule has 9 nitrogen and oxygen atoms in total. The summed E-state index contributed by atoms with van der Waals surface area (Å²) in [6.45, 7) is 8.05. The van der Waals surface area contributed by atoms with Crippen molar-refractivity contribution in [3.8, 4) is 0 Å². The number of hydrogen-bond donors (Lipinski definition) is 0. The molecule has 0 aliphatic carbocycles. The van der Waals surface area contributed by atoms with Gasteiger partial charge in [0.1, 0.15) is 11.5 Å². The topological polar surface area (TPSA) is 114 Å². The molecule has 1 atom stereocenters. The first-order chi connectivity index (χ1) is 19.1. The van der Waals surface area contributed by atoms with Gasteiger partial charge in [0.05, 0.1) is 10.8 Å². The smallest absolute Gasteiger partial charge is 0.374 e. The lowest BCUT2D eigenvalue weighted by atomic mass is 9.98. The Morgan fingerprint density at radius 1 is 0.829 bits per heavy atom. The van der Waals surface area contributed by atoms with Crippen molar-refractivity contribution in [2.75, 3.05) is 13.6 Å². The highest BCUT2D eigenvalue weighted by atomic mass is 32.1. The number of rotatable bonds is 11. The maximum absolute atomic E-state index is 15.8. The van der Waals surface area contributed by atoms with Gasteiger partial charge >= 0.3 is 25.5 Å². The van der Waals surface area contributed by atoms with Crippen LogP contribution in [-0.2, 0) is 44.0 Å². The zero-order chi connectivity index (χ0) is 30.4. The van der Waals surface area contributed by atoms with Gasteiger partial charge in [0.25, 0.3) is 0 Å². The van der Waals surface area contributed by atoms with Gasteiger partial charge in [-0.2, -0.15) is 0 Å². The molecule has 3 aromatic rings. The second kappa shape index (κ2) is 13.2. The summed E-state index contributed by atoms with van der Waals surface area (Å²) < 4.78 is 55.7. The van der Waals surface area contributed by atoms with Crippen LogP contribution in [0.4, 0.5) is 4.39 Å². The molecule has 0 radical (unpaired) electrons. The highest BCUT2D eigenvalue weighted by Crippen LogP contribution is 2.62. The van der Waals surface area contributed by atoms with Crippen molar-refractivity contribution in [3.05, 3.63) is 70.6 Å². The van der Waals surface area contributed by atoms with E-state index in [9.17, 15) is 18.9 Å². The van der Waals surface area contributed by atoms with Crippen molar-refractivity contribution in [2.24, 2.45) is 10.8 Å². The molecule has 0 fully saturated rings. The van der Waals surface area contributed by atoms with Crippen LogP contribution in [0.2, 0.25) is 0 Å². The fourth-order valence-corrected chi connectivity index (χ4v) is 5.39. The number of carbonyl (C=O) groups is 3. The number of hydrogen-bond acceptors (Lipinski definition) is 10. The Balaban J connectivity index is 1.77.